The van der Waals surface area contributed by atoms with Gasteiger partial charge in [0.05, 0.1) is 80.3 Å². The van der Waals surface area contributed by atoms with Gasteiger partial charge in [0, 0.05) is 0 Å². The number of hydrogen-bond acceptors (Lipinski definition) is 14. The maximum absolute atomic E-state index is 12.0. The van der Waals surface area contributed by atoms with Crippen LogP contribution in [0.1, 0.15) is 77.6 Å². The average Bonchev–Trinajstić information content (AvgIpc) is 0.756. The second-order valence-electron chi connectivity index (χ2n) is 26.0. The Kier molecular flexibility index (Phi) is 27.3. The van der Waals surface area contributed by atoms with Crippen LogP contribution in [0.4, 0.5) is 0 Å². The lowest BCUT2D eigenvalue weighted by molar-refractivity contribution is -0.253. The average molecular weight is 1350 g/mol. The van der Waals surface area contributed by atoms with Crippen molar-refractivity contribution in [2.75, 3.05) is 41.7 Å². The topological polar surface area (TPSA) is 162 Å². The predicted molar refractivity (Wildman–Crippen MR) is 381 cm³/mol. The summed E-state index contributed by atoms with van der Waals surface area (Å²) in [6.07, 6.45) is -6.41. The van der Waals surface area contributed by atoms with Gasteiger partial charge in [0.1, 0.15) is 71.8 Å². The molecule has 0 radical (unpaired) electrons. The van der Waals surface area contributed by atoms with Gasteiger partial charge in [-0.2, -0.15) is 11.1 Å². The van der Waals surface area contributed by atoms with E-state index < -0.39 is 64.5 Å². The Labute approximate surface area is 569 Å². The molecule has 10 atom stereocenters. The lowest BCUT2D eigenvalue weighted by atomic mass is 9.95. The number of rotatable bonds is 24. The van der Waals surface area contributed by atoms with E-state index in [4.69, 9.17) is 62.9 Å². The minimum Gasteiger partial charge on any atom is -0.497 e. The largest absolute Gasteiger partial charge is 0.497 e. The number of aliphatic hydroxyl groups is 3. The molecule has 0 bridgehead atoms. The smallest absolute Gasteiger partial charge is 0.261 e. The summed E-state index contributed by atoms with van der Waals surface area (Å²) in [5, 5.41) is 37.0. The number of aliphatic hydroxyl groups excluding tert-OH is 3. The zero-order chi connectivity index (χ0) is 68.2. The lowest BCUT2D eigenvalue weighted by Gasteiger charge is -2.47. The van der Waals surface area contributed by atoms with Crippen molar-refractivity contribution in [3.63, 3.8) is 0 Å². The standard InChI is InChI=1S/C39H48O7Si.C23H30O7.C16H19ClSi/c1-28-37(43-25-29-17-21-31(41-5)22-18-29)38(44-26-30-19-23-32(42-6)24-20-30)36(40)35(46-28)27-45-47(39(2,3)4,33-13-9-7-10-14-33)34-15-11-8-12-16-34;1-15-22(28-13-16-4-8-18(26-2)9-5-16)23(21(25)20(12-24)30-15)29-14-17-6-10-19(27-3)11-7-17;1-16(2,3)18(17,14-10-6-4-7-11-14)15-12-8-5-9-13-15/h7-24,28,35-38,40H,25-27H2,1-6H3;4-11,15,20-25H,12-14H2,1-3H3;4-13H,1-3H3/t28-,35?,36-,37?,38-;15-,20?,21-,22?,23-;/m11./s1. The van der Waals surface area contributed by atoms with Gasteiger partial charge < -0.3 is 67.1 Å². The summed E-state index contributed by atoms with van der Waals surface area (Å²) in [6.45, 7) is 18.4. The van der Waals surface area contributed by atoms with Gasteiger partial charge in [0.15, 0.2) is 0 Å². The van der Waals surface area contributed by atoms with Crippen LogP contribution in [0.25, 0.3) is 0 Å². The van der Waals surface area contributed by atoms with E-state index in [1.807, 2.05) is 135 Å². The maximum Gasteiger partial charge on any atom is 0.261 e. The number of methoxy groups -OCH3 is 4. The van der Waals surface area contributed by atoms with Crippen molar-refractivity contribution in [1.29, 1.82) is 0 Å². The quantitative estimate of drug-likeness (QED) is 0.0387. The summed E-state index contributed by atoms with van der Waals surface area (Å²) in [6, 6.07) is 72.6. The number of benzene rings is 8. The highest BCUT2D eigenvalue weighted by atomic mass is 35.6. The summed E-state index contributed by atoms with van der Waals surface area (Å²) in [4.78, 5) is 0. The van der Waals surface area contributed by atoms with Crippen LogP contribution in [0, 0.1) is 0 Å². The molecular formula is C78H97ClO14Si2. The number of hydrogen-bond donors (Lipinski definition) is 3. The molecule has 3 N–H and O–H groups in total. The van der Waals surface area contributed by atoms with Gasteiger partial charge in [0.2, 0.25) is 7.38 Å². The molecule has 0 amide bonds. The van der Waals surface area contributed by atoms with Gasteiger partial charge in [-0.05, 0) is 115 Å². The maximum atomic E-state index is 12.0. The minimum atomic E-state index is -2.86. The van der Waals surface area contributed by atoms with Crippen LogP contribution >= 0.6 is 11.1 Å². The summed E-state index contributed by atoms with van der Waals surface area (Å²) >= 11 is 7.21. The Bertz CT molecular complexity index is 3390. The third-order valence-corrected chi connectivity index (χ3v) is 30.0. The molecule has 14 nitrogen and oxygen atoms in total. The van der Waals surface area contributed by atoms with Crippen LogP contribution in [0.15, 0.2) is 218 Å². The summed E-state index contributed by atoms with van der Waals surface area (Å²) in [7, 11) is 1.44. The van der Waals surface area contributed by atoms with Gasteiger partial charge >= 0.3 is 0 Å². The van der Waals surface area contributed by atoms with E-state index in [9.17, 15) is 15.3 Å². The summed E-state index contributed by atoms with van der Waals surface area (Å²) in [5.41, 5.74) is 3.86. The second-order valence-corrected chi connectivity index (χ2v) is 36.0. The summed E-state index contributed by atoms with van der Waals surface area (Å²) in [5.74, 6) is 3.09. The first-order chi connectivity index (χ1) is 45.7. The molecule has 2 saturated heterocycles. The Morgan fingerprint density at radius 2 is 0.653 bits per heavy atom. The normalized spacial score (nSPS) is 21.4. The fourth-order valence-electron chi connectivity index (χ4n) is 12.3. The van der Waals surface area contributed by atoms with Gasteiger partial charge in [0.25, 0.3) is 8.32 Å². The van der Waals surface area contributed by atoms with Crippen LogP contribution in [-0.2, 0) is 59.3 Å². The second kappa shape index (κ2) is 35.0. The molecule has 4 unspecified atom stereocenters. The molecule has 17 heteroatoms. The van der Waals surface area contributed by atoms with Crippen LogP contribution in [0.3, 0.4) is 0 Å². The van der Waals surface area contributed by atoms with Crippen molar-refractivity contribution in [3.05, 3.63) is 241 Å². The molecule has 2 fully saturated rings. The van der Waals surface area contributed by atoms with Gasteiger partial charge in [-0.1, -0.05) is 211 Å². The third-order valence-electron chi connectivity index (χ3n) is 17.6. The van der Waals surface area contributed by atoms with Crippen molar-refractivity contribution in [2.45, 2.75) is 153 Å². The third kappa shape index (κ3) is 18.9. The molecule has 2 aliphatic heterocycles. The zero-order valence-electron chi connectivity index (χ0n) is 57.0. The van der Waals surface area contributed by atoms with E-state index in [0.29, 0.717) is 26.4 Å². The van der Waals surface area contributed by atoms with Gasteiger partial charge in [-0.15, -0.1) is 0 Å². The van der Waals surface area contributed by atoms with Crippen LogP contribution in [0.2, 0.25) is 10.1 Å². The molecule has 2 heterocycles. The fraction of sp³-hybridized carbons (Fsp3) is 0.385. The van der Waals surface area contributed by atoms with E-state index in [1.54, 1.807) is 28.4 Å². The first-order valence-electron chi connectivity index (χ1n) is 32.5. The molecule has 8 aromatic carbocycles. The first kappa shape index (κ1) is 74.1. The Morgan fingerprint density at radius 1 is 0.379 bits per heavy atom. The monoisotopic (exact) mass is 1350 g/mol. The first-order valence-corrected chi connectivity index (χ1v) is 37.4. The Balaban J connectivity index is 0.000000204. The highest BCUT2D eigenvalue weighted by molar-refractivity contribution is 7.35. The van der Waals surface area contributed by atoms with E-state index in [-0.39, 0.29) is 35.5 Å². The van der Waals surface area contributed by atoms with Crippen molar-refractivity contribution >= 4 is 47.5 Å². The van der Waals surface area contributed by atoms with Crippen molar-refractivity contribution < 1.29 is 67.1 Å². The Morgan fingerprint density at radius 3 is 0.926 bits per heavy atom. The predicted octanol–water partition coefficient (Wildman–Crippen LogP) is 12.0. The molecule has 508 valence electrons. The molecular weight excluding hydrogens is 1250 g/mol. The molecule has 2 aliphatic rings. The molecule has 8 aromatic rings. The zero-order valence-corrected chi connectivity index (χ0v) is 59.8. The van der Waals surface area contributed by atoms with Crippen LogP contribution in [0.5, 0.6) is 23.0 Å². The molecule has 0 spiro atoms. The van der Waals surface area contributed by atoms with Crippen molar-refractivity contribution in [1.82, 2.24) is 0 Å². The van der Waals surface area contributed by atoms with Crippen LogP contribution in [-0.4, -0.2) is 134 Å². The number of halogens is 1. The number of ether oxygens (including phenoxy) is 10. The van der Waals surface area contributed by atoms with E-state index >= 15 is 0 Å². The molecule has 0 saturated carbocycles. The SMILES string of the molecule is CC(C)(C)[Si](Cl)(c1ccccc1)c1ccccc1.COc1ccc(COC2[C@@H](C)OC(CO)[C@@H](O)[C@H]2OCc2ccc(OC)cc2)cc1.COc1ccc(COC2[C@@H](C)OC(CO[Si](c3ccccc3)(c3ccccc3)C(C)(C)C)[C@@H](O)[C@H]2OCc2ccc(OC)cc2)cc1. The van der Waals surface area contributed by atoms with Gasteiger partial charge in [-0.3, -0.25) is 0 Å². The molecule has 0 aromatic heterocycles. The minimum absolute atomic E-state index is 0.0667. The highest BCUT2D eigenvalue weighted by Gasteiger charge is 2.53. The van der Waals surface area contributed by atoms with E-state index in [0.717, 1.165) is 45.3 Å². The lowest BCUT2D eigenvalue weighted by Crippen LogP contribution is -2.68. The van der Waals surface area contributed by atoms with Crippen molar-refractivity contribution in [2.24, 2.45) is 0 Å². The van der Waals surface area contributed by atoms with Crippen LogP contribution < -0.4 is 39.7 Å². The molecule has 0 aliphatic carbocycles. The fourth-order valence-corrected chi connectivity index (χ4v) is 21.0. The Hall–Kier alpha value is -6.72. The summed E-state index contributed by atoms with van der Waals surface area (Å²) < 4.78 is 65.6. The molecule has 10 rings (SSSR count). The van der Waals surface area contributed by atoms with E-state index in [1.165, 1.54) is 20.7 Å². The van der Waals surface area contributed by atoms with E-state index in [2.05, 4.69) is 139 Å². The molecule has 95 heavy (non-hydrogen) atoms. The highest BCUT2D eigenvalue weighted by Crippen LogP contribution is 2.40. The van der Waals surface area contributed by atoms with Crippen molar-refractivity contribution in [3.8, 4) is 23.0 Å². The van der Waals surface area contributed by atoms with Gasteiger partial charge in [-0.25, -0.2) is 0 Å².